The number of carbonyl (C=O) groups excluding carboxylic acids is 2. The van der Waals surface area contributed by atoms with E-state index < -0.39 is 0 Å². The number of nitrogens with one attached hydrogen (secondary N) is 2. The molecule has 0 aliphatic carbocycles. The predicted octanol–water partition coefficient (Wildman–Crippen LogP) is 0.469. The lowest BCUT2D eigenvalue weighted by molar-refractivity contribution is -1.02. The maximum atomic E-state index is 13.0. The molecule has 2 aliphatic heterocycles. The second kappa shape index (κ2) is 8.91. The molecule has 0 spiro atoms. The molecule has 29 heavy (non-hydrogen) atoms. The zero-order chi connectivity index (χ0) is 20.2. The van der Waals surface area contributed by atoms with Gasteiger partial charge in [-0.15, -0.1) is 0 Å². The molecule has 0 saturated carbocycles. The molecule has 4 rings (SSSR count). The highest BCUT2D eigenvalue weighted by atomic mass is 35.5. The van der Waals surface area contributed by atoms with Gasteiger partial charge in [0, 0.05) is 5.02 Å². The number of imide groups is 1. The lowest BCUT2D eigenvalue weighted by Crippen LogP contribution is -3.30. The number of hydrogen-bond acceptors (Lipinski definition) is 2. The molecule has 2 saturated heterocycles. The van der Waals surface area contributed by atoms with Gasteiger partial charge < -0.3 is 9.80 Å². The molecule has 150 valence electrons. The van der Waals surface area contributed by atoms with Crippen molar-refractivity contribution in [3.05, 3.63) is 71.3 Å². The Labute approximate surface area is 176 Å². The van der Waals surface area contributed by atoms with Gasteiger partial charge in [0.25, 0.3) is 5.91 Å². The van der Waals surface area contributed by atoms with Crippen molar-refractivity contribution >= 4 is 35.2 Å². The first-order chi connectivity index (χ1) is 14.1. The minimum Gasteiger partial charge on any atom is -0.322 e. The van der Waals surface area contributed by atoms with Crippen LogP contribution in [0, 0.1) is 0 Å². The van der Waals surface area contributed by atoms with Crippen LogP contribution in [0.4, 0.5) is 5.69 Å². The fourth-order valence-corrected chi connectivity index (χ4v) is 4.42. The summed E-state index contributed by atoms with van der Waals surface area (Å²) in [6.45, 7) is 4.80. The standard InChI is InChI=1S/C23H24ClN3O2/c24-19-9-4-10-20(16-19)27-22(28)17-21(23(27)29)26-14-12-25(13-15-26)11-5-8-18-6-2-1-3-7-18/h1-10,16,21H,11-15,17H2/p+2/b8-5-/t21-/m0/s1. The molecule has 5 nitrogen and oxygen atoms in total. The van der Waals surface area contributed by atoms with Crippen LogP contribution >= 0.6 is 11.6 Å². The topological polar surface area (TPSA) is 46.3 Å². The number of anilines is 1. The van der Waals surface area contributed by atoms with Crippen molar-refractivity contribution in [3.63, 3.8) is 0 Å². The van der Waals surface area contributed by atoms with Crippen LogP contribution < -0.4 is 14.7 Å². The second-order valence-corrected chi connectivity index (χ2v) is 8.17. The molecule has 0 unspecified atom stereocenters. The maximum absolute atomic E-state index is 13.0. The number of amides is 2. The number of nitrogens with zero attached hydrogens (tertiary/aromatic N) is 1. The molecule has 2 fully saturated rings. The third-order valence-corrected chi connectivity index (χ3v) is 6.06. The smallest absolute Gasteiger partial charge is 0.292 e. The average molecular weight is 412 g/mol. The first-order valence-corrected chi connectivity index (χ1v) is 10.5. The Hall–Kier alpha value is -2.47. The highest BCUT2D eigenvalue weighted by Gasteiger charge is 2.46. The molecule has 2 aromatic rings. The van der Waals surface area contributed by atoms with Gasteiger partial charge in [-0.1, -0.05) is 54.1 Å². The van der Waals surface area contributed by atoms with Gasteiger partial charge in [0.05, 0.1) is 18.7 Å². The maximum Gasteiger partial charge on any atom is 0.292 e. The van der Waals surface area contributed by atoms with Gasteiger partial charge in [-0.25, -0.2) is 4.90 Å². The number of halogens is 1. The Morgan fingerprint density at radius 3 is 2.48 bits per heavy atom. The summed E-state index contributed by atoms with van der Waals surface area (Å²) >= 11 is 6.04. The number of carbonyl (C=O) groups is 2. The quantitative estimate of drug-likeness (QED) is 0.703. The lowest BCUT2D eigenvalue weighted by Gasteiger charge is -2.31. The van der Waals surface area contributed by atoms with E-state index in [0.29, 0.717) is 10.7 Å². The summed E-state index contributed by atoms with van der Waals surface area (Å²) in [5, 5.41) is 0.527. The van der Waals surface area contributed by atoms with Crippen LogP contribution in [-0.2, 0) is 9.59 Å². The van der Waals surface area contributed by atoms with Crippen LogP contribution in [0.2, 0.25) is 5.02 Å². The second-order valence-electron chi connectivity index (χ2n) is 7.73. The number of piperazine rings is 1. The Bertz CT molecular complexity index is 907. The van der Waals surface area contributed by atoms with Crippen molar-refractivity contribution in [2.45, 2.75) is 12.5 Å². The van der Waals surface area contributed by atoms with Crippen LogP contribution in [-0.4, -0.2) is 50.6 Å². The zero-order valence-electron chi connectivity index (χ0n) is 16.3. The molecular formula is C23H26ClN3O2+2. The van der Waals surface area contributed by atoms with Crippen LogP contribution in [0.15, 0.2) is 60.7 Å². The molecule has 2 N–H and O–H groups in total. The number of benzene rings is 2. The Balaban J connectivity index is 1.32. The van der Waals surface area contributed by atoms with Gasteiger partial charge in [0.15, 0.2) is 6.04 Å². The monoisotopic (exact) mass is 411 g/mol. The van der Waals surface area contributed by atoms with Gasteiger partial charge in [0.1, 0.15) is 26.2 Å². The van der Waals surface area contributed by atoms with E-state index in [1.54, 1.807) is 24.3 Å². The van der Waals surface area contributed by atoms with E-state index in [9.17, 15) is 9.59 Å². The Kier molecular flexibility index (Phi) is 6.09. The largest absolute Gasteiger partial charge is 0.322 e. The van der Waals surface area contributed by atoms with Crippen molar-refractivity contribution in [1.29, 1.82) is 0 Å². The van der Waals surface area contributed by atoms with Crippen molar-refractivity contribution in [3.8, 4) is 0 Å². The van der Waals surface area contributed by atoms with E-state index in [1.165, 1.54) is 20.3 Å². The summed E-state index contributed by atoms with van der Waals surface area (Å²) in [6, 6.07) is 17.0. The molecule has 2 aliphatic rings. The van der Waals surface area contributed by atoms with E-state index in [2.05, 4.69) is 24.3 Å². The van der Waals surface area contributed by atoms with Crippen LogP contribution in [0.5, 0.6) is 0 Å². The third kappa shape index (κ3) is 4.58. The Morgan fingerprint density at radius 2 is 1.76 bits per heavy atom. The van der Waals surface area contributed by atoms with Gasteiger partial charge in [-0.2, -0.15) is 0 Å². The fourth-order valence-electron chi connectivity index (χ4n) is 4.24. The summed E-state index contributed by atoms with van der Waals surface area (Å²) in [4.78, 5) is 29.5. The van der Waals surface area contributed by atoms with Crippen LogP contribution in [0.1, 0.15) is 12.0 Å². The number of hydrogen-bond donors (Lipinski definition) is 2. The molecular weight excluding hydrogens is 386 g/mol. The van der Waals surface area contributed by atoms with Gasteiger partial charge in [-0.05, 0) is 29.8 Å². The molecule has 0 radical (unpaired) electrons. The minimum atomic E-state index is -0.275. The molecule has 6 heteroatoms. The summed E-state index contributed by atoms with van der Waals surface area (Å²) < 4.78 is 0. The van der Waals surface area contributed by atoms with Crippen molar-refractivity contribution in [1.82, 2.24) is 0 Å². The van der Waals surface area contributed by atoms with Crippen LogP contribution in [0.25, 0.3) is 6.08 Å². The predicted molar refractivity (Wildman–Crippen MR) is 114 cm³/mol. The highest BCUT2D eigenvalue weighted by molar-refractivity contribution is 6.31. The normalized spacial score (nSPS) is 25.1. The van der Waals surface area contributed by atoms with Crippen molar-refractivity contribution in [2.24, 2.45) is 0 Å². The highest BCUT2D eigenvalue weighted by Crippen LogP contribution is 2.24. The third-order valence-electron chi connectivity index (χ3n) is 5.82. The van der Waals surface area contributed by atoms with Gasteiger partial charge >= 0.3 is 0 Å². The molecule has 0 aromatic heterocycles. The first-order valence-electron chi connectivity index (χ1n) is 10.1. The van der Waals surface area contributed by atoms with E-state index in [-0.39, 0.29) is 24.3 Å². The summed E-state index contributed by atoms with van der Waals surface area (Å²) in [6.07, 6.45) is 4.67. The SMILES string of the molecule is O=C1C[C@H]([NH+]2CC[NH+](C/C=C\c3ccccc3)CC2)C(=O)N1c1cccc(Cl)c1. The summed E-state index contributed by atoms with van der Waals surface area (Å²) in [5.74, 6) is -0.227. The molecule has 1 atom stereocenters. The lowest BCUT2D eigenvalue weighted by atomic mass is 10.1. The molecule has 0 bridgehead atoms. The molecule has 2 heterocycles. The van der Waals surface area contributed by atoms with Gasteiger partial charge in [0.2, 0.25) is 5.91 Å². The number of rotatable bonds is 5. The molecule has 2 aromatic carbocycles. The first kappa shape index (κ1) is 19.8. The van der Waals surface area contributed by atoms with Crippen molar-refractivity contribution < 1.29 is 19.4 Å². The van der Waals surface area contributed by atoms with Gasteiger partial charge in [-0.3, -0.25) is 9.59 Å². The Morgan fingerprint density at radius 1 is 1.00 bits per heavy atom. The average Bonchev–Trinajstić information content (AvgIpc) is 3.03. The fraction of sp³-hybridized carbons (Fsp3) is 0.304. The molecule has 2 amide bonds. The summed E-state index contributed by atoms with van der Waals surface area (Å²) in [5.41, 5.74) is 1.79. The van der Waals surface area contributed by atoms with E-state index in [0.717, 1.165) is 32.7 Å². The van der Waals surface area contributed by atoms with E-state index in [4.69, 9.17) is 11.6 Å². The van der Waals surface area contributed by atoms with E-state index >= 15 is 0 Å². The summed E-state index contributed by atoms with van der Waals surface area (Å²) in [7, 11) is 0. The zero-order valence-corrected chi connectivity index (χ0v) is 17.1. The van der Waals surface area contributed by atoms with E-state index in [1.807, 2.05) is 18.2 Å². The number of quaternary nitrogens is 2. The minimum absolute atomic E-state index is 0.0975. The van der Waals surface area contributed by atoms with Crippen LogP contribution in [0.3, 0.4) is 0 Å². The van der Waals surface area contributed by atoms with Crippen molar-refractivity contribution in [2.75, 3.05) is 37.6 Å².